The maximum absolute atomic E-state index is 12.2. The van der Waals surface area contributed by atoms with Gasteiger partial charge in [-0.1, -0.05) is 37.3 Å². The van der Waals surface area contributed by atoms with Gasteiger partial charge in [0.05, 0.1) is 12.1 Å². The molecule has 3 aromatic rings. The van der Waals surface area contributed by atoms with E-state index in [0.717, 1.165) is 17.3 Å². The first-order valence-corrected chi connectivity index (χ1v) is 7.77. The zero-order chi connectivity index (χ0) is 16.9. The lowest BCUT2D eigenvalue weighted by molar-refractivity contribution is -0.115. The summed E-state index contributed by atoms with van der Waals surface area (Å²) in [5, 5.41) is 12.9. The van der Waals surface area contributed by atoms with Crippen LogP contribution >= 0.6 is 0 Å². The number of aryl methyl sites for hydroxylation is 1. The van der Waals surface area contributed by atoms with Gasteiger partial charge in [0.25, 0.3) is 5.91 Å². The smallest absolute Gasteiger partial charge is 0.272 e. The molecular weight excluding hydrogens is 304 g/mol. The fourth-order valence-corrected chi connectivity index (χ4v) is 2.41. The highest BCUT2D eigenvalue weighted by Crippen LogP contribution is 2.14. The van der Waals surface area contributed by atoms with Crippen LogP contribution in [0.15, 0.2) is 48.5 Å². The van der Waals surface area contributed by atoms with Crippen molar-refractivity contribution in [3.05, 3.63) is 59.8 Å². The summed E-state index contributed by atoms with van der Waals surface area (Å²) in [7, 11) is 0. The van der Waals surface area contributed by atoms with Gasteiger partial charge in [-0.15, -0.1) is 0 Å². The quantitative estimate of drug-likeness (QED) is 0.674. The van der Waals surface area contributed by atoms with E-state index in [1.54, 1.807) is 0 Å². The van der Waals surface area contributed by atoms with Gasteiger partial charge < -0.3 is 10.6 Å². The average molecular weight is 322 g/mol. The molecule has 1 aromatic heterocycles. The van der Waals surface area contributed by atoms with Crippen molar-refractivity contribution in [2.24, 2.45) is 0 Å². The first-order valence-electron chi connectivity index (χ1n) is 7.77. The van der Waals surface area contributed by atoms with Gasteiger partial charge in [0, 0.05) is 11.1 Å². The van der Waals surface area contributed by atoms with Gasteiger partial charge in [0.2, 0.25) is 5.91 Å². The van der Waals surface area contributed by atoms with Crippen LogP contribution < -0.4 is 10.6 Å². The molecule has 6 nitrogen and oxygen atoms in total. The Labute approximate surface area is 139 Å². The van der Waals surface area contributed by atoms with Crippen LogP contribution in [-0.2, 0) is 11.2 Å². The molecule has 6 heteroatoms. The molecule has 0 radical (unpaired) electrons. The summed E-state index contributed by atoms with van der Waals surface area (Å²) in [5.41, 5.74) is 2.97. The van der Waals surface area contributed by atoms with Crippen molar-refractivity contribution in [2.45, 2.75) is 13.3 Å². The van der Waals surface area contributed by atoms with Crippen molar-refractivity contribution in [1.29, 1.82) is 0 Å². The number of fused-ring (bicyclic) bond motifs is 1. The van der Waals surface area contributed by atoms with Crippen LogP contribution in [0.5, 0.6) is 0 Å². The van der Waals surface area contributed by atoms with Crippen LogP contribution in [0, 0.1) is 0 Å². The molecule has 2 aromatic carbocycles. The molecule has 0 saturated carbocycles. The summed E-state index contributed by atoms with van der Waals surface area (Å²) in [6.45, 7) is 1.96. The van der Waals surface area contributed by atoms with Gasteiger partial charge in [0.15, 0.2) is 5.69 Å². The molecule has 0 fully saturated rings. The number of rotatable bonds is 5. The lowest BCUT2D eigenvalue weighted by atomic mass is 10.1. The van der Waals surface area contributed by atoms with Crippen LogP contribution in [0.2, 0.25) is 0 Å². The van der Waals surface area contributed by atoms with Gasteiger partial charge in [0.1, 0.15) is 0 Å². The highest BCUT2D eigenvalue weighted by molar-refractivity contribution is 6.06. The average Bonchev–Trinajstić information content (AvgIpc) is 3.04. The van der Waals surface area contributed by atoms with E-state index < -0.39 is 0 Å². The SMILES string of the molecule is CCc1ccc(NC(=O)CNC(=O)c2n[nH]c3ccccc23)cc1. The van der Waals surface area contributed by atoms with Crippen molar-refractivity contribution in [3.63, 3.8) is 0 Å². The van der Waals surface area contributed by atoms with E-state index in [0.29, 0.717) is 5.69 Å². The molecule has 0 saturated heterocycles. The molecule has 0 unspecified atom stereocenters. The number of H-pyrrole nitrogens is 1. The molecule has 1 heterocycles. The van der Waals surface area contributed by atoms with Gasteiger partial charge in [-0.05, 0) is 30.2 Å². The first kappa shape index (κ1) is 15.7. The van der Waals surface area contributed by atoms with Crippen LogP contribution in [0.3, 0.4) is 0 Å². The number of para-hydroxylation sites is 1. The largest absolute Gasteiger partial charge is 0.342 e. The zero-order valence-electron chi connectivity index (χ0n) is 13.3. The van der Waals surface area contributed by atoms with E-state index in [-0.39, 0.29) is 24.1 Å². The standard InChI is InChI=1S/C18H18N4O2/c1-2-12-7-9-13(10-8-12)20-16(23)11-19-18(24)17-14-5-3-4-6-15(14)21-22-17/h3-10H,2,11H2,1H3,(H,19,24)(H,20,23)(H,21,22). The topological polar surface area (TPSA) is 86.9 Å². The highest BCUT2D eigenvalue weighted by Gasteiger charge is 2.14. The fraction of sp³-hybridized carbons (Fsp3) is 0.167. The number of hydrogen-bond donors (Lipinski definition) is 3. The summed E-state index contributed by atoms with van der Waals surface area (Å²) >= 11 is 0. The van der Waals surface area contributed by atoms with Crippen molar-refractivity contribution < 1.29 is 9.59 Å². The van der Waals surface area contributed by atoms with Crippen molar-refractivity contribution in [2.75, 3.05) is 11.9 Å². The van der Waals surface area contributed by atoms with Crippen LogP contribution in [0.1, 0.15) is 23.0 Å². The number of aromatic nitrogens is 2. The van der Waals surface area contributed by atoms with Gasteiger partial charge in [-0.2, -0.15) is 5.10 Å². The Morgan fingerprint density at radius 3 is 2.58 bits per heavy atom. The number of carbonyl (C=O) groups excluding carboxylic acids is 2. The molecule has 0 aliphatic rings. The van der Waals surface area contributed by atoms with E-state index in [4.69, 9.17) is 0 Å². The van der Waals surface area contributed by atoms with Crippen molar-refractivity contribution >= 4 is 28.4 Å². The Balaban J connectivity index is 1.58. The minimum atomic E-state index is -0.385. The Kier molecular flexibility index (Phi) is 4.56. The maximum atomic E-state index is 12.2. The molecule has 3 rings (SSSR count). The first-order chi connectivity index (χ1) is 11.7. The van der Waals surface area contributed by atoms with E-state index in [1.165, 1.54) is 5.56 Å². The molecular formula is C18H18N4O2. The summed E-state index contributed by atoms with van der Waals surface area (Å²) in [5.74, 6) is -0.670. The lowest BCUT2D eigenvalue weighted by Crippen LogP contribution is -2.33. The molecule has 24 heavy (non-hydrogen) atoms. The third kappa shape index (κ3) is 3.43. The van der Waals surface area contributed by atoms with Gasteiger partial charge in [-0.3, -0.25) is 14.7 Å². The second kappa shape index (κ2) is 6.95. The second-order valence-corrected chi connectivity index (χ2v) is 5.40. The van der Waals surface area contributed by atoms with Crippen LogP contribution in [0.25, 0.3) is 10.9 Å². The third-order valence-electron chi connectivity index (χ3n) is 3.74. The lowest BCUT2D eigenvalue weighted by Gasteiger charge is -2.07. The monoisotopic (exact) mass is 322 g/mol. The number of hydrogen-bond acceptors (Lipinski definition) is 3. The number of carbonyl (C=O) groups is 2. The summed E-state index contributed by atoms with van der Waals surface area (Å²) in [4.78, 5) is 24.1. The molecule has 0 bridgehead atoms. The third-order valence-corrected chi connectivity index (χ3v) is 3.74. The fourth-order valence-electron chi connectivity index (χ4n) is 2.41. The minimum Gasteiger partial charge on any atom is -0.342 e. The van der Waals surface area contributed by atoms with Crippen LogP contribution in [-0.4, -0.2) is 28.6 Å². The molecule has 0 aliphatic carbocycles. The number of nitrogens with zero attached hydrogens (tertiary/aromatic N) is 1. The number of aromatic amines is 1. The van der Waals surface area contributed by atoms with E-state index in [2.05, 4.69) is 27.8 Å². The Morgan fingerprint density at radius 1 is 1.08 bits per heavy atom. The molecule has 0 atom stereocenters. The summed E-state index contributed by atoms with van der Waals surface area (Å²) < 4.78 is 0. The summed E-state index contributed by atoms with van der Waals surface area (Å²) in [6, 6.07) is 15.0. The number of anilines is 1. The predicted molar refractivity (Wildman–Crippen MR) is 92.9 cm³/mol. The Morgan fingerprint density at radius 2 is 1.83 bits per heavy atom. The maximum Gasteiger partial charge on any atom is 0.272 e. The Bertz CT molecular complexity index is 868. The van der Waals surface area contributed by atoms with E-state index in [1.807, 2.05) is 48.5 Å². The molecule has 0 spiro atoms. The number of amides is 2. The minimum absolute atomic E-state index is 0.116. The second-order valence-electron chi connectivity index (χ2n) is 5.40. The Hall–Kier alpha value is -3.15. The predicted octanol–water partition coefficient (Wildman–Crippen LogP) is 2.49. The molecule has 0 aliphatic heterocycles. The van der Waals surface area contributed by atoms with Gasteiger partial charge in [-0.25, -0.2) is 0 Å². The van der Waals surface area contributed by atoms with Crippen LogP contribution in [0.4, 0.5) is 5.69 Å². The zero-order valence-corrected chi connectivity index (χ0v) is 13.3. The molecule has 3 N–H and O–H groups in total. The van der Waals surface area contributed by atoms with Crippen molar-refractivity contribution in [1.82, 2.24) is 15.5 Å². The summed E-state index contributed by atoms with van der Waals surface area (Å²) in [6.07, 6.45) is 0.946. The van der Waals surface area contributed by atoms with Crippen molar-refractivity contribution in [3.8, 4) is 0 Å². The van der Waals surface area contributed by atoms with E-state index in [9.17, 15) is 9.59 Å². The highest BCUT2D eigenvalue weighted by atomic mass is 16.2. The molecule has 122 valence electrons. The number of nitrogens with one attached hydrogen (secondary N) is 3. The van der Waals surface area contributed by atoms with Gasteiger partial charge >= 0.3 is 0 Å². The van der Waals surface area contributed by atoms with E-state index >= 15 is 0 Å². The normalized spacial score (nSPS) is 10.5. The number of benzene rings is 2. The molecule has 2 amide bonds.